The van der Waals surface area contributed by atoms with Crippen LogP contribution in [0.15, 0.2) is 82.4 Å². The molecule has 3 aromatic carbocycles. The van der Waals surface area contributed by atoms with Crippen LogP contribution in [0, 0.1) is 10.1 Å². The van der Waals surface area contributed by atoms with E-state index in [9.17, 15) is 14.9 Å². The molecule has 0 radical (unpaired) electrons. The van der Waals surface area contributed by atoms with Crippen LogP contribution in [0.1, 0.15) is 21.5 Å². The number of benzene rings is 3. The zero-order valence-electron chi connectivity index (χ0n) is 15.1. The van der Waals surface area contributed by atoms with Gasteiger partial charge in [0, 0.05) is 22.2 Å². The third kappa shape index (κ3) is 5.98. The van der Waals surface area contributed by atoms with Gasteiger partial charge in [0.1, 0.15) is 12.4 Å². The molecule has 3 aromatic rings. The van der Waals surface area contributed by atoms with Crippen LogP contribution in [0.3, 0.4) is 0 Å². The summed E-state index contributed by atoms with van der Waals surface area (Å²) in [5.41, 5.74) is 4.65. The molecule has 8 heteroatoms. The van der Waals surface area contributed by atoms with Gasteiger partial charge in [0.25, 0.3) is 11.6 Å². The molecule has 0 unspecified atom stereocenters. The highest BCUT2D eigenvalue weighted by molar-refractivity contribution is 9.10. The normalized spacial score (nSPS) is 10.7. The van der Waals surface area contributed by atoms with Crippen LogP contribution >= 0.6 is 15.9 Å². The number of ether oxygens (including phenoxy) is 1. The molecule has 29 heavy (non-hydrogen) atoms. The van der Waals surface area contributed by atoms with E-state index in [2.05, 4.69) is 26.5 Å². The first-order valence-electron chi connectivity index (χ1n) is 8.56. The summed E-state index contributed by atoms with van der Waals surface area (Å²) >= 11 is 3.32. The molecule has 0 bridgehead atoms. The second kappa shape index (κ2) is 9.61. The van der Waals surface area contributed by atoms with Gasteiger partial charge in [0.2, 0.25) is 0 Å². The highest BCUT2D eigenvalue weighted by atomic mass is 79.9. The summed E-state index contributed by atoms with van der Waals surface area (Å²) in [6.45, 7) is 0.300. The fourth-order valence-corrected chi connectivity index (χ4v) is 2.79. The van der Waals surface area contributed by atoms with Crippen molar-refractivity contribution in [2.45, 2.75) is 6.61 Å². The molecule has 7 nitrogen and oxygen atoms in total. The van der Waals surface area contributed by atoms with E-state index >= 15 is 0 Å². The number of amides is 1. The van der Waals surface area contributed by atoms with Gasteiger partial charge < -0.3 is 4.74 Å². The Bertz CT molecular complexity index is 1030. The van der Waals surface area contributed by atoms with Gasteiger partial charge in [0.15, 0.2) is 0 Å². The zero-order valence-corrected chi connectivity index (χ0v) is 16.7. The van der Waals surface area contributed by atoms with Gasteiger partial charge in [-0.1, -0.05) is 22.0 Å². The number of hydrogen-bond donors (Lipinski definition) is 1. The number of halogens is 1. The van der Waals surface area contributed by atoms with Gasteiger partial charge in [-0.25, -0.2) is 5.43 Å². The molecular formula is C21H16BrN3O4. The second-order valence-corrected chi connectivity index (χ2v) is 6.91. The first-order valence-corrected chi connectivity index (χ1v) is 9.36. The van der Waals surface area contributed by atoms with Gasteiger partial charge in [-0.05, 0) is 65.7 Å². The van der Waals surface area contributed by atoms with Crippen molar-refractivity contribution in [3.05, 3.63) is 104 Å². The van der Waals surface area contributed by atoms with Crippen LogP contribution in [0.2, 0.25) is 0 Å². The Balaban J connectivity index is 1.51. The molecule has 3 rings (SSSR count). The number of hydrogen-bond acceptors (Lipinski definition) is 5. The minimum Gasteiger partial charge on any atom is -0.489 e. The lowest BCUT2D eigenvalue weighted by Crippen LogP contribution is -2.17. The predicted molar refractivity (Wildman–Crippen MR) is 113 cm³/mol. The van der Waals surface area contributed by atoms with Crippen LogP contribution in [0.25, 0.3) is 0 Å². The Kier molecular flexibility index (Phi) is 6.70. The monoisotopic (exact) mass is 453 g/mol. The number of rotatable bonds is 7. The molecule has 146 valence electrons. The van der Waals surface area contributed by atoms with Gasteiger partial charge in [-0.2, -0.15) is 5.10 Å². The van der Waals surface area contributed by atoms with E-state index in [-0.39, 0.29) is 11.6 Å². The zero-order chi connectivity index (χ0) is 20.6. The number of carbonyl (C=O) groups excluding carboxylic acids is 1. The predicted octanol–water partition coefficient (Wildman–Crippen LogP) is 4.70. The van der Waals surface area contributed by atoms with Crippen molar-refractivity contribution < 1.29 is 14.5 Å². The maximum absolute atomic E-state index is 12.0. The Hall–Kier alpha value is -3.52. The topological polar surface area (TPSA) is 93.8 Å². The summed E-state index contributed by atoms with van der Waals surface area (Å²) < 4.78 is 6.49. The number of carbonyl (C=O) groups is 1. The SMILES string of the molecule is O=C(N/N=C\c1ccc(OCc2ccc([N+](=O)[O-])cc2)cc1)c1cccc(Br)c1. The Labute approximate surface area is 175 Å². The van der Waals surface area contributed by atoms with E-state index < -0.39 is 4.92 Å². The largest absolute Gasteiger partial charge is 0.489 e. The molecule has 0 aliphatic carbocycles. The summed E-state index contributed by atoms with van der Waals surface area (Å²) in [6.07, 6.45) is 1.54. The molecule has 1 amide bonds. The third-order valence-electron chi connectivity index (χ3n) is 3.90. The van der Waals surface area contributed by atoms with E-state index in [1.807, 2.05) is 6.07 Å². The average molecular weight is 454 g/mol. The second-order valence-electron chi connectivity index (χ2n) is 5.99. The van der Waals surface area contributed by atoms with Crippen LogP contribution in [0.5, 0.6) is 5.75 Å². The smallest absolute Gasteiger partial charge is 0.271 e. The number of nitrogens with one attached hydrogen (secondary N) is 1. The van der Waals surface area contributed by atoms with Crippen LogP contribution in [0.4, 0.5) is 5.69 Å². The van der Waals surface area contributed by atoms with E-state index in [4.69, 9.17) is 4.74 Å². The number of nitrogens with zero attached hydrogens (tertiary/aromatic N) is 2. The van der Waals surface area contributed by atoms with Crippen molar-refractivity contribution in [3.8, 4) is 5.75 Å². The van der Waals surface area contributed by atoms with Gasteiger partial charge in [0.05, 0.1) is 11.1 Å². The van der Waals surface area contributed by atoms with Crippen molar-refractivity contribution in [2.24, 2.45) is 5.10 Å². The van der Waals surface area contributed by atoms with Crippen molar-refractivity contribution in [1.29, 1.82) is 0 Å². The fourth-order valence-electron chi connectivity index (χ4n) is 2.39. The molecule has 0 heterocycles. The van der Waals surface area contributed by atoms with Crippen LogP contribution in [-0.4, -0.2) is 17.0 Å². The number of non-ortho nitro benzene ring substituents is 1. The first kappa shape index (κ1) is 20.2. The highest BCUT2D eigenvalue weighted by Crippen LogP contribution is 2.16. The van der Waals surface area contributed by atoms with Crippen molar-refractivity contribution in [1.82, 2.24) is 5.43 Å². The Morgan fingerprint density at radius 2 is 1.83 bits per heavy atom. The van der Waals surface area contributed by atoms with Crippen molar-refractivity contribution in [3.63, 3.8) is 0 Å². The standard InChI is InChI=1S/C21H16BrN3O4/c22-18-3-1-2-17(12-18)21(26)24-23-13-15-6-10-20(11-7-15)29-14-16-4-8-19(9-5-16)25(27)28/h1-13H,14H2,(H,24,26)/b23-13-. The molecule has 0 fully saturated rings. The molecule has 0 saturated carbocycles. The number of nitro benzene ring substituents is 1. The van der Waals surface area contributed by atoms with E-state index in [1.165, 1.54) is 18.3 Å². The van der Waals surface area contributed by atoms with E-state index in [0.717, 1.165) is 15.6 Å². The molecule has 0 aromatic heterocycles. The lowest BCUT2D eigenvalue weighted by Gasteiger charge is -2.06. The van der Waals surface area contributed by atoms with Crippen molar-refractivity contribution >= 4 is 33.7 Å². The fraction of sp³-hybridized carbons (Fsp3) is 0.0476. The third-order valence-corrected chi connectivity index (χ3v) is 4.39. The summed E-state index contributed by atoms with van der Waals surface area (Å²) in [7, 11) is 0. The minimum atomic E-state index is -0.438. The quantitative estimate of drug-likeness (QED) is 0.318. The van der Waals surface area contributed by atoms with Crippen molar-refractivity contribution in [2.75, 3.05) is 0 Å². The molecule has 0 saturated heterocycles. The lowest BCUT2D eigenvalue weighted by atomic mass is 10.2. The highest BCUT2D eigenvalue weighted by Gasteiger charge is 2.05. The van der Waals surface area contributed by atoms with Gasteiger partial charge in [-0.15, -0.1) is 0 Å². The summed E-state index contributed by atoms with van der Waals surface area (Å²) in [4.78, 5) is 22.2. The van der Waals surface area contributed by atoms with Gasteiger partial charge in [-0.3, -0.25) is 14.9 Å². The minimum absolute atomic E-state index is 0.0457. The number of hydrazone groups is 1. The molecule has 0 spiro atoms. The first-order chi connectivity index (χ1) is 14.0. The Morgan fingerprint density at radius 1 is 1.10 bits per heavy atom. The number of nitro groups is 1. The average Bonchev–Trinajstić information content (AvgIpc) is 2.73. The maximum Gasteiger partial charge on any atom is 0.271 e. The van der Waals surface area contributed by atoms with Crippen LogP contribution in [-0.2, 0) is 6.61 Å². The van der Waals surface area contributed by atoms with E-state index in [1.54, 1.807) is 54.6 Å². The molecule has 0 aliphatic heterocycles. The van der Waals surface area contributed by atoms with E-state index in [0.29, 0.717) is 17.9 Å². The summed E-state index contributed by atoms with van der Waals surface area (Å²) in [5.74, 6) is 0.351. The Morgan fingerprint density at radius 3 is 2.48 bits per heavy atom. The molecule has 0 atom stereocenters. The maximum atomic E-state index is 12.0. The lowest BCUT2D eigenvalue weighted by molar-refractivity contribution is -0.384. The van der Waals surface area contributed by atoms with Gasteiger partial charge >= 0.3 is 0 Å². The summed E-state index contributed by atoms with van der Waals surface area (Å²) in [5, 5.41) is 14.6. The molecule has 0 aliphatic rings. The molecular weight excluding hydrogens is 438 g/mol. The molecule has 1 N–H and O–H groups in total. The summed E-state index contributed by atoms with van der Waals surface area (Å²) in [6, 6.07) is 20.4. The van der Waals surface area contributed by atoms with Crippen LogP contribution < -0.4 is 10.2 Å².